The fourth-order valence-electron chi connectivity index (χ4n) is 2.40. The molecule has 0 radical (unpaired) electrons. The van der Waals surface area contributed by atoms with Crippen molar-refractivity contribution in [2.24, 2.45) is 0 Å². The topological polar surface area (TPSA) is 55.3 Å². The number of hydrogen-bond donors (Lipinski definition) is 2. The van der Waals surface area contributed by atoms with Gasteiger partial charge in [0.2, 0.25) is 0 Å². The second kappa shape index (κ2) is 9.08. The standard InChI is InChI=1S/C16H25NO3/c18-15(12-19-13-16-7-4-10-20-16)11-17-9-8-14-5-2-1-3-6-14/h1-3,5-6,15-18H,4,7-13H2/p+1/t15-,16-/m0/s1. The summed E-state index contributed by atoms with van der Waals surface area (Å²) < 4.78 is 11.0. The van der Waals surface area contributed by atoms with Crippen molar-refractivity contribution in [3.8, 4) is 0 Å². The molecule has 0 saturated carbocycles. The fourth-order valence-corrected chi connectivity index (χ4v) is 2.40. The molecule has 0 bridgehead atoms. The minimum absolute atomic E-state index is 0.240. The van der Waals surface area contributed by atoms with Crippen LogP contribution in [0.5, 0.6) is 0 Å². The van der Waals surface area contributed by atoms with Crippen molar-refractivity contribution < 1.29 is 19.9 Å². The van der Waals surface area contributed by atoms with Crippen LogP contribution in [0.4, 0.5) is 0 Å². The van der Waals surface area contributed by atoms with Gasteiger partial charge in [0.25, 0.3) is 0 Å². The molecular formula is C16H26NO3+. The maximum absolute atomic E-state index is 9.82. The summed E-state index contributed by atoms with van der Waals surface area (Å²) in [4.78, 5) is 0. The molecule has 0 spiro atoms. The van der Waals surface area contributed by atoms with Crippen LogP contribution in [0.2, 0.25) is 0 Å². The van der Waals surface area contributed by atoms with Crippen molar-refractivity contribution in [1.82, 2.24) is 0 Å². The van der Waals surface area contributed by atoms with E-state index in [1.807, 2.05) is 6.07 Å². The maximum Gasteiger partial charge on any atom is 0.126 e. The van der Waals surface area contributed by atoms with Crippen LogP contribution < -0.4 is 5.32 Å². The Bertz CT molecular complexity index is 352. The summed E-state index contributed by atoms with van der Waals surface area (Å²) in [6.07, 6.45) is 3.09. The van der Waals surface area contributed by atoms with Crippen LogP contribution in [0.25, 0.3) is 0 Å². The van der Waals surface area contributed by atoms with Gasteiger partial charge in [0.1, 0.15) is 12.6 Å². The second-order valence-corrected chi connectivity index (χ2v) is 5.37. The maximum atomic E-state index is 9.82. The molecule has 2 atom stereocenters. The van der Waals surface area contributed by atoms with E-state index < -0.39 is 6.10 Å². The zero-order chi connectivity index (χ0) is 14.0. The van der Waals surface area contributed by atoms with Crippen molar-refractivity contribution in [1.29, 1.82) is 0 Å². The highest BCUT2D eigenvalue weighted by Gasteiger charge is 2.16. The van der Waals surface area contributed by atoms with E-state index in [2.05, 4.69) is 29.6 Å². The van der Waals surface area contributed by atoms with Gasteiger partial charge >= 0.3 is 0 Å². The predicted octanol–water partition coefficient (Wildman–Crippen LogP) is 0.349. The van der Waals surface area contributed by atoms with Gasteiger partial charge in [0, 0.05) is 13.0 Å². The number of hydrogen-bond acceptors (Lipinski definition) is 3. The van der Waals surface area contributed by atoms with E-state index in [0.717, 1.165) is 32.4 Å². The molecule has 1 aliphatic rings. The van der Waals surface area contributed by atoms with Crippen LogP contribution in [0, 0.1) is 0 Å². The van der Waals surface area contributed by atoms with Gasteiger partial charge in [0.05, 0.1) is 25.9 Å². The molecule has 1 fully saturated rings. The first kappa shape index (κ1) is 15.4. The molecule has 0 amide bonds. The Kier molecular flexibility index (Phi) is 7.01. The van der Waals surface area contributed by atoms with Gasteiger partial charge in [-0.3, -0.25) is 0 Å². The molecule has 1 aliphatic heterocycles. The fraction of sp³-hybridized carbons (Fsp3) is 0.625. The first-order valence-electron chi connectivity index (χ1n) is 7.57. The zero-order valence-corrected chi connectivity index (χ0v) is 12.0. The highest BCUT2D eigenvalue weighted by atomic mass is 16.5. The van der Waals surface area contributed by atoms with Crippen LogP contribution in [0.1, 0.15) is 18.4 Å². The summed E-state index contributed by atoms with van der Waals surface area (Å²) in [7, 11) is 0. The Morgan fingerprint density at radius 1 is 1.35 bits per heavy atom. The second-order valence-electron chi connectivity index (χ2n) is 5.37. The van der Waals surface area contributed by atoms with Crippen LogP contribution in [-0.2, 0) is 15.9 Å². The molecule has 1 saturated heterocycles. The van der Waals surface area contributed by atoms with E-state index in [1.54, 1.807) is 0 Å². The van der Waals surface area contributed by atoms with Gasteiger partial charge in [-0.05, 0) is 18.4 Å². The van der Waals surface area contributed by atoms with E-state index in [9.17, 15) is 5.11 Å². The zero-order valence-electron chi connectivity index (χ0n) is 12.0. The molecule has 0 aliphatic carbocycles. The SMILES string of the molecule is O[C@@H](C[NH2+]CCc1ccccc1)COC[C@@H]1CCCO1. The van der Waals surface area contributed by atoms with E-state index in [4.69, 9.17) is 9.47 Å². The Morgan fingerprint density at radius 3 is 2.95 bits per heavy atom. The summed E-state index contributed by atoms with van der Waals surface area (Å²) in [5, 5.41) is 12.0. The van der Waals surface area contributed by atoms with Gasteiger partial charge in [0.15, 0.2) is 0 Å². The Labute approximate surface area is 121 Å². The van der Waals surface area contributed by atoms with Crippen LogP contribution in [0.3, 0.4) is 0 Å². The number of quaternary nitrogens is 1. The number of aliphatic hydroxyl groups excluding tert-OH is 1. The molecule has 0 aromatic heterocycles. The minimum Gasteiger partial charge on any atom is -0.385 e. The molecule has 2 rings (SSSR count). The van der Waals surface area contributed by atoms with Crippen LogP contribution in [-0.4, -0.2) is 50.2 Å². The molecular weight excluding hydrogens is 254 g/mol. The molecule has 1 aromatic carbocycles. The van der Waals surface area contributed by atoms with Crippen molar-refractivity contribution >= 4 is 0 Å². The largest absolute Gasteiger partial charge is 0.385 e. The third-order valence-corrected chi connectivity index (χ3v) is 3.56. The molecule has 20 heavy (non-hydrogen) atoms. The van der Waals surface area contributed by atoms with Crippen molar-refractivity contribution in [2.75, 3.05) is 32.9 Å². The smallest absolute Gasteiger partial charge is 0.126 e. The third kappa shape index (κ3) is 6.01. The summed E-state index contributed by atoms with van der Waals surface area (Å²) in [6, 6.07) is 10.4. The van der Waals surface area contributed by atoms with Crippen LogP contribution in [0.15, 0.2) is 30.3 Å². The van der Waals surface area contributed by atoms with Crippen molar-refractivity contribution in [3.63, 3.8) is 0 Å². The Morgan fingerprint density at radius 2 is 2.20 bits per heavy atom. The Hall–Kier alpha value is -0.940. The normalized spacial score (nSPS) is 20.1. The van der Waals surface area contributed by atoms with Gasteiger partial charge in [-0.25, -0.2) is 0 Å². The number of aliphatic hydroxyl groups is 1. The summed E-state index contributed by atoms with van der Waals surface area (Å²) in [5.41, 5.74) is 1.34. The first-order valence-corrected chi connectivity index (χ1v) is 7.57. The number of benzene rings is 1. The quantitative estimate of drug-likeness (QED) is 0.642. The van der Waals surface area contributed by atoms with Crippen LogP contribution >= 0.6 is 0 Å². The number of ether oxygens (including phenoxy) is 2. The van der Waals surface area contributed by atoms with Crippen molar-refractivity contribution in [2.45, 2.75) is 31.5 Å². The average Bonchev–Trinajstić information content (AvgIpc) is 2.98. The molecule has 1 aromatic rings. The highest BCUT2D eigenvalue weighted by molar-refractivity contribution is 5.14. The predicted molar refractivity (Wildman–Crippen MR) is 77.6 cm³/mol. The van der Waals surface area contributed by atoms with Crippen molar-refractivity contribution in [3.05, 3.63) is 35.9 Å². The third-order valence-electron chi connectivity index (χ3n) is 3.56. The summed E-state index contributed by atoms with van der Waals surface area (Å²) in [6.45, 7) is 3.55. The lowest BCUT2D eigenvalue weighted by molar-refractivity contribution is -0.660. The summed E-state index contributed by atoms with van der Waals surface area (Å²) in [5.74, 6) is 0. The highest BCUT2D eigenvalue weighted by Crippen LogP contribution is 2.11. The lowest BCUT2D eigenvalue weighted by Crippen LogP contribution is -2.87. The average molecular weight is 280 g/mol. The monoisotopic (exact) mass is 280 g/mol. The number of nitrogens with two attached hydrogens (primary N) is 1. The molecule has 4 heteroatoms. The van der Waals surface area contributed by atoms with Gasteiger partial charge < -0.3 is 19.9 Å². The molecule has 0 unspecified atom stereocenters. The summed E-state index contributed by atoms with van der Waals surface area (Å²) >= 11 is 0. The van der Waals surface area contributed by atoms with E-state index in [-0.39, 0.29) is 6.10 Å². The molecule has 3 N–H and O–H groups in total. The van der Waals surface area contributed by atoms with Gasteiger partial charge in [-0.2, -0.15) is 0 Å². The van der Waals surface area contributed by atoms with E-state index >= 15 is 0 Å². The Balaban J connectivity index is 1.46. The first-order chi connectivity index (χ1) is 9.84. The minimum atomic E-state index is -0.396. The molecule has 112 valence electrons. The lowest BCUT2D eigenvalue weighted by atomic mass is 10.1. The molecule has 1 heterocycles. The van der Waals surface area contributed by atoms with E-state index in [0.29, 0.717) is 19.8 Å². The van der Waals surface area contributed by atoms with E-state index in [1.165, 1.54) is 5.56 Å². The van der Waals surface area contributed by atoms with Gasteiger partial charge in [-0.15, -0.1) is 0 Å². The lowest BCUT2D eigenvalue weighted by Gasteiger charge is -2.13. The molecule has 4 nitrogen and oxygen atoms in total. The van der Waals surface area contributed by atoms with Gasteiger partial charge in [-0.1, -0.05) is 30.3 Å². The number of rotatable bonds is 9.